The monoisotopic (exact) mass is 167 g/mol. The van der Waals surface area contributed by atoms with E-state index in [1.807, 2.05) is 0 Å². The highest BCUT2D eigenvalue weighted by Gasteiger charge is 2.05. The highest BCUT2D eigenvalue weighted by molar-refractivity contribution is 6.17. The maximum absolute atomic E-state index is 10.2. The van der Waals surface area contributed by atoms with Crippen LogP contribution >= 0.6 is 0 Å². The van der Waals surface area contributed by atoms with Crippen molar-refractivity contribution in [1.82, 2.24) is 0 Å². The van der Waals surface area contributed by atoms with Crippen molar-refractivity contribution in [3.63, 3.8) is 0 Å². The lowest BCUT2D eigenvalue weighted by atomic mass is 10.3. The summed E-state index contributed by atoms with van der Waals surface area (Å²) in [7, 11) is -0.485. The third-order valence-electron chi connectivity index (χ3n) is 1.26. The van der Waals surface area contributed by atoms with Gasteiger partial charge in [0.25, 0.3) is 5.69 Å². The fourth-order valence-electron chi connectivity index (χ4n) is 0.761. The van der Waals surface area contributed by atoms with Gasteiger partial charge in [-0.15, -0.1) is 0 Å². The zero-order chi connectivity index (χ0) is 8.97. The Labute approximate surface area is 69.0 Å². The van der Waals surface area contributed by atoms with E-state index in [-0.39, 0.29) is 11.4 Å². The Morgan fingerprint density at radius 2 is 2.33 bits per heavy atom. The Balaban J connectivity index is 2.88. The van der Waals surface area contributed by atoms with E-state index < -0.39 is 12.6 Å². The number of hydrogen-bond donors (Lipinski definition) is 1. The predicted octanol–water partition coefficient (Wildman–Crippen LogP) is 0.232. The number of rotatable bonds is 3. The summed E-state index contributed by atoms with van der Waals surface area (Å²) in [5, 5.41) is 18.6. The minimum absolute atomic E-state index is 0.0547. The lowest BCUT2D eigenvalue weighted by Gasteiger charge is -1.99. The fraction of sp³-hybridized carbons (Fsp3) is 0. The van der Waals surface area contributed by atoms with Crippen LogP contribution in [0.15, 0.2) is 24.3 Å². The van der Waals surface area contributed by atoms with Gasteiger partial charge in [-0.05, 0) is 6.07 Å². The molecule has 0 radical (unpaired) electrons. The summed E-state index contributed by atoms with van der Waals surface area (Å²) in [6.07, 6.45) is 0. The maximum atomic E-state index is 10.2. The first-order valence-corrected chi connectivity index (χ1v) is 3.22. The normalized spacial score (nSPS) is 9.08. The predicted molar refractivity (Wildman–Crippen MR) is 43.1 cm³/mol. The molecule has 0 aromatic heterocycles. The fourth-order valence-corrected chi connectivity index (χ4v) is 0.761. The van der Waals surface area contributed by atoms with E-state index in [1.165, 1.54) is 24.3 Å². The summed E-state index contributed by atoms with van der Waals surface area (Å²) < 4.78 is 4.65. The van der Waals surface area contributed by atoms with Crippen LogP contribution < -0.4 is 4.65 Å². The van der Waals surface area contributed by atoms with Gasteiger partial charge in [-0.25, -0.2) is 0 Å². The van der Waals surface area contributed by atoms with Crippen LogP contribution in [0.3, 0.4) is 0 Å². The molecule has 0 unspecified atom stereocenters. The lowest BCUT2D eigenvalue weighted by Crippen LogP contribution is -1.99. The minimum Gasteiger partial charge on any atom is -0.539 e. The van der Waals surface area contributed by atoms with Crippen LogP contribution in [-0.4, -0.2) is 17.6 Å². The molecule has 1 rings (SSSR count). The number of nitrogens with zero attached hydrogens (tertiary/aromatic N) is 1. The largest absolute Gasteiger partial charge is 0.539 e. The molecule has 0 saturated carbocycles. The molecule has 1 aromatic carbocycles. The smallest absolute Gasteiger partial charge is 0.504 e. The Kier molecular flexibility index (Phi) is 2.65. The maximum Gasteiger partial charge on any atom is 0.504 e. The van der Waals surface area contributed by atoms with Crippen LogP contribution in [0.2, 0.25) is 0 Å². The van der Waals surface area contributed by atoms with Crippen LogP contribution in [0.5, 0.6) is 5.75 Å². The van der Waals surface area contributed by atoms with Crippen molar-refractivity contribution in [3.8, 4) is 5.75 Å². The van der Waals surface area contributed by atoms with Gasteiger partial charge in [0, 0.05) is 6.07 Å². The van der Waals surface area contributed by atoms with E-state index in [2.05, 4.69) is 4.65 Å². The Morgan fingerprint density at radius 1 is 1.58 bits per heavy atom. The van der Waals surface area contributed by atoms with E-state index in [4.69, 9.17) is 5.02 Å². The van der Waals surface area contributed by atoms with Crippen LogP contribution in [0.4, 0.5) is 5.69 Å². The Hall–Kier alpha value is -1.56. The highest BCUT2D eigenvalue weighted by Crippen LogP contribution is 2.18. The molecule has 12 heavy (non-hydrogen) atoms. The van der Waals surface area contributed by atoms with Crippen LogP contribution in [0, 0.1) is 10.1 Å². The van der Waals surface area contributed by atoms with Crippen molar-refractivity contribution in [2.45, 2.75) is 0 Å². The van der Waals surface area contributed by atoms with E-state index in [1.54, 1.807) is 0 Å². The van der Waals surface area contributed by atoms with Crippen molar-refractivity contribution in [2.75, 3.05) is 0 Å². The molecule has 0 bridgehead atoms. The van der Waals surface area contributed by atoms with Crippen molar-refractivity contribution < 1.29 is 14.6 Å². The van der Waals surface area contributed by atoms with E-state index >= 15 is 0 Å². The number of non-ortho nitro benzene ring substituents is 1. The Morgan fingerprint density at radius 3 is 2.92 bits per heavy atom. The lowest BCUT2D eigenvalue weighted by molar-refractivity contribution is -0.384. The van der Waals surface area contributed by atoms with Crippen molar-refractivity contribution >= 4 is 13.4 Å². The Bertz CT molecular complexity index is 291. The number of nitro groups is 1. The highest BCUT2D eigenvalue weighted by atomic mass is 16.6. The molecule has 0 fully saturated rings. The summed E-state index contributed by atoms with van der Waals surface area (Å²) in [5.74, 6) is 0.284. The molecule has 0 amide bonds. The molecular weight excluding hydrogens is 161 g/mol. The zero-order valence-electron chi connectivity index (χ0n) is 6.14. The number of benzene rings is 1. The van der Waals surface area contributed by atoms with E-state index in [0.29, 0.717) is 0 Å². The number of hydrogen-bond acceptors (Lipinski definition) is 4. The first kappa shape index (κ1) is 8.54. The minimum atomic E-state index is -0.524. The zero-order valence-corrected chi connectivity index (χ0v) is 6.14. The summed E-state index contributed by atoms with van der Waals surface area (Å²) >= 11 is 0. The van der Waals surface area contributed by atoms with Gasteiger partial charge in [-0.2, -0.15) is 0 Å². The van der Waals surface area contributed by atoms with Gasteiger partial charge in [-0.3, -0.25) is 10.1 Å². The quantitative estimate of drug-likeness (QED) is 0.397. The van der Waals surface area contributed by atoms with Crippen molar-refractivity contribution in [1.29, 1.82) is 0 Å². The molecule has 1 N–H and O–H groups in total. The molecule has 62 valence electrons. The van der Waals surface area contributed by atoms with Crippen LogP contribution in [0.1, 0.15) is 0 Å². The molecule has 0 aliphatic carbocycles. The molecule has 0 aliphatic rings. The van der Waals surface area contributed by atoms with Gasteiger partial charge < -0.3 is 9.68 Å². The molecule has 0 atom stereocenters. The molecule has 0 spiro atoms. The summed E-state index contributed by atoms with van der Waals surface area (Å²) in [5.41, 5.74) is -0.0547. The molecular formula is C6H6BNO4. The van der Waals surface area contributed by atoms with Gasteiger partial charge in [0.05, 0.1) is 11.0 Å². The average molecular weight is 167 g/mol. The van der Waals surface area contributed by atoms with Crippen molar-refractivity contribution in [3.05, 3.63) is 34.4 Å². The van der Waals surface area contributed by atoms with Crippen molar-refractivity contribution in [2.24, 2.45) is 0 Å². The van der Waals surface area contributed by atoms with E-state index in [0.717, 1.165) is 0 Å². The first-order chi connectivity index (χ1) is 5.74. The molecule has 5 nitrogen and oxygen atoms in total. The van der Waals surface area contributed by atoms with Gasteiger partial charge in [0.1, 0.15) is 5.75 Å². The van der Waals surface area contributed by atoms with Gasteiger partial charge >= 0.3 is 7.69 Å². The van der Waals surface area contributed by atoms with Gasteiger partial charge in [0.2, 0.25) is 0 Å². The van der Waals surface area contributed by atoms with Crippen LogP contribution in [-0.2, 0) is 0 Å². The molecule has 6 heteroatoms. The standard InChI is InChI=1S/C6H6BNO4/c9-7-12-6-3-1-2-5(4-6)8(10)11/h1-4,7,9H. The third kappa shape index (κ3) is 1.96. The average Bonchev–Trinajstić information content (AvgIpc) is 2.05. The summed E-state index contributed by atoms with van der Waals surface area (Å²) in [6.45, 7) is 0. The SMILES string of the molecule is O=[N+]([O-])c1cccc(OBO)c1. The van der Waals surface area contributed by atoms with Crippen LogP contribution in [0.25, 0.3) is 0 Å². The molecule has 1 aromatic rings. The number of nitro benzene ring substituents is 1. The third-order valence-corrected chi connectivity index (χ3v) is 1.26. The molecule has 0 aliphatic heterocycles. The second-order valence-corrected chi connectivity index (χ2v) is 2.03. The topological polar surface area (TPSA) is 72.6 Å². The molecule has 0 heterocycles. The van der Waals surface area contributed by atoms with E-state index in [9.17, 15) is 10.1 Å². The van der Waals surface area contributed by atoms with Gasteiger partial charge in [-0.1, -0.05) is 6.07 Å². The summed E-state index contributed by atoms with van der Waals surface area (Å²) in [6, 6.07) is 5.62. The molecule has 0 saturated heterocycles. The van der Waals surface area contributed by atoms with Gasteiger partial charge in [0.15, 0.2) is 0 Å². The first-order valence-electron chi connectivity index (χ1n) is 3.22. The summed E-state index contributed by atoms with van der Waals surface area (Å²) in [4.78, 5) is 9.72. The second-order valence-electron chi connectivity index (χ2n) is 2.03. The second kappa shape index (κ2) is 3.73.